The van der Waals surface area contributed by atoms with Gasteiger partial charge >= 0.3 is 0 Å². The highest BCUT2D eigenvalue weighted by atomic mass is 35.5. The molecule has 1 unspecified atom stereocenters. The van der Waals surface area contributed by atoms with E-state index in [0.29, 0.717) is 28.7 Å². The molecule has 0 aromatic heterocycles. The van der Waals surface area contributed by atoms with Crippen LogP contribution < -0.4 is 9.64 Å². The number of nitrogens with zero attached hydrogens (tertiary/aromatic N) is 2. The number of piperazine rings is 1. The summed E-state index contributed by atoms with van der Waals surface area (Å²) in [5, 5.41) is 0.699. The van der Waals surface area contributed by atoms with Crippen LogP contribution in [0.4, 0.5) is 5.69 Å². The summed E-state index contributed by atoms with van der Waals surface area (Å²) in [5.74, 6) is 0.358. The zero-order chi connectivity index (χ0) is 18.8. The molecule has 3 rings (SSSR count). The topological polar surface area (TPSA) is 49.9 Å². The van der Waals surface area contributed by atoms with Crippen molar-refractivity contribution in [2.75, 3.05) is 25.1 Å². The molecule has 1 fully saturated rings. The lowest BCUT2D eigenvalue weighted by Gasteiger charge is -2.39. The molecule has 0 saturated carbocycles. The maximum absolute atomic E-state index is 12.8. The van der Waals surface area contributed by atoms with Crippen LogP contribution >= 0.6 is 23.2 Å². The average molecular weight is 393 g/mol. The normalized spacial score (nSPS) is 17.4. The fourth-order valence-electron chi connectivity index (χ4n) is 2.96. The van der Waals surface area contributed by atoms with Gasteiger partial charge < -0.3 is 14.5 Å². The minimum absolute atomic E-state index is 0.130. The van der Waals surface area contributed by atoms with E-state index in [1.54, 1.807) is 48.1 Å². The van der Waals surface area contributed by atoms with Crippen LogP contribution in [0.5, 0.6) is 5.75 Å². The summed E-state index contributed by atoms with van der Waals surface area (Å²) < 4.78 is 5.14. The van der Waals surface area contributed by atoms with E-state index in [1.807, 2.05) is 12.1 Å². The Balaban J connectivity index is 1.78. The third-order valence-corrected chi connectivity index (χ3v) is 5.21. The number of amides is 2. The lowest BCUT2D eigenvalue weighted by molar-refractivity contribution is -0.124. The van der Waals surface area contributed by atoms with E-state index < -0.39 is 6.04 Å². The molecule has 2 aromatic rings. The third-order valence-electron chi connectivity index (χ3n) is 4.47. The smallest absolute Gasteiger partial charge is 0.254 e. The molecule has 26 heavy (non-hydrogen) atoms. The van der Waals surface area contributed by atoms with Gasteiger partial charge in [0.05, 0.1) is 17.2 Å². The van der Waals surface area contributed by atoms with Crippen molar-refractivity contribution in [1.29, 1.82) is 0 Å². The first-order valence-corrected chi connectivity index (χ1v) is 8.89. The number of hydrogen-bond acceptors (Lipinski definition) is 3. The van der Waals surface area contributed by atoms with Crippen LogP contribution in [-0.4, -0.2) is 43.0 Å². The molecule has 1 heterocycles. The average Bonchev–Trinajstić information content (AvgIpc) is 2.66. The van der Waals surface area contributed by atoms with E-state index in [2.05, 4.69) is 0 Å². The molecule has 1 atom stereocenters. The van der Waals surface area contributed by atoms with Gasteiger partial charge in [-0.2, -0.15) is 0 Å². The Morgan fingerprint density at radius 2 is 1.77 bits per heavy atom. The first kappa shape index (κ1) is 18.5. The van der Waals surface area contributed by atoms with Crippen molar-refractivity contribution in [2.24, 2.45) is 0 Å². The predicted molar refractivity (Wildman–Crippen MR) is 102 cm³/mol. The number of carbonyl (C=O) groups is 2. The fraction of sp³-hybridized carbons (Fsp3) is 0.263. The molecule has 0 aliphatic carbocycles. The first-order valence-electron chi connectivity index (χ1n) is 8.14. The van der Waals surface area contributed by atoms with Gasteiger partial charge in [0.25, 0.3) is 5.91 Å². The minimum Gasteiger partial charge on any atom is -0.497 e. The molecule has 0 N–H and O–H groups in total. The van der Waals surface area contributed by atoms with Crippen molar-refractivity contribution in [3.05, 3.63) is 58.1 Å². The quantitative estimate of drug-likeness (QED) is 0.796. The maximum Gasteiger partial charge on any atom is 0.254 e. The Labute approximate surface area is 162 Å². The number of anilines is 1. The molecule has 0 bridgehead atoms. The van der Waals surface area contributed by atoms with E-state index in [0.717, 1.165) is 11.4 Å². The third kappa shape index (κ3) is 3.50. The highest BCUT2D eigenvalue weighted by Crippen LogP contribution is 2.26. The largest absolute Gasteiger partial charge is 0.497 e. The molecule has 1 aliphatic heterocycles. The van der Waals surface area contributed by atoms with E-state index >= 15 is 0 Å². The second kappa shape index (κ2) is 7.56. The van der Waals surface area contributed by atoms with Crippen LogP contribution in [0.15, 0.2) is 42.5 Å². The summed E-state index contributed by atoms with van der Waals surface area (Å²) >= 11 is 11.9. The number of halogens is 2. The van der Waals surface area contributed by atoms with Crippen molar-refractivity contribution in [1.82, 2.24) is 4.90 Å². The Hall–Kier alpha value is -2.24. The Morgan fingerprint density at radius 1 is 1.08 bits per heavy atom. The Bertz CT molecular complexity index is 839. The maximum atomic E-state index is 12.8. The minimum atomic E-state index is -0.576. The Morgan fingerprint density at radius 3 is 2.38 bits per heavy atom. The van der Waals surface area contributed by atoms with Gasteiger partial charge in [-0.1, -0.05) is 23.2 Å². The number of benzene rings is 2. The second-order valence-corrected chi connectivity index (χ2v) is 6.81. The summed E-state index contributed by atoms with van der Waals surface area (Å²) in [4.78, 5) is 28.8. The SMILES string of the molecule is COc1ccc(N2CCN(C(=O)c3ccc(Cl)c(Cl)c3)C(C)C2=O)cc1. The molecule has 2 aromatic carbocycles. The van der Waals surface area contributed by atoms with Crippen molar-refractivity contribution < 1.29 is 14.3 Å². The van der Waals surface area contributed by atoms with Crippen LogP contribution in [0.3, 0.4) is 0 Å². The Kier molecular flexibility index (Phi) is 5.39. The van der Waals surface area contributed by atoms with E-state index in [-0.39, 0.29) is 11.8 Å². The zero-order valence-corrected chi connectivity index (χ0v) is 15.9. The summed E-state index contributed by atoms with van der Waals surface area (Å²) in [5.41, 5.74) is 1.20. The molecule has 0 radical (unpaired) electrons. The zero-order valence-electron chi connectivity index (χ0n) is 14.4. The molecule has 7 heteroatoms. The van der Waals surface area contributed by atoms with Crippen molar-refractivity contribution in [2.45, 2.75) is 13.0 Å². The van der Waals surface area contributed by atoms with Gasteiger partial charge in [-0.3, -0.25) is 9.59 Å². The fourth-order valence-corrected chi connectivity index (χ4v) is 3.26. The van der Waals surface area contributed by atoms with E-state index in [9.17, 15) is 9.59 Å². The lowest BCUT2D eigenvalue weighted by Crippen LogP contribution is -2.57. The number of hydrogen-bond donors (Lipinski definition) is 0. The first-order chi connectivity index (χ1) is 12.4. The highest BCUT2D eigenvalue weighted by molar-refractivity contribution is 6.42. The van der Waals surface area contributed by atoms with Crippen LogP contribution in [0.2, 0.25) is 10.0 Å². The molecular formula is C19H18Cl2N2O3. The molecule has 136 valence electrons. The number of carbonyl (C=O) groups excluding carboxylic acids is 2. The van der Waals surface area contributed by atoms with Crippen molar-refractivity contribution in [3.63, 3.8) is 0 Å². The van der Waals surface area contributed by atoms with Gasteiger partial charge in [0, 0.05) is 24.3 Å². The van der Waals surface area contributed by atoms with Gasteiger partial charge in [0.1, 0.15) is 11.8 Å². The van der Waals surface area contributed by atoms with Crippen LogP contribution in [0.1, 0.15) is 17.3 Å². The van der Waals surface area contributed by atoms with Gasteiger partial charge in [-0.05, 0) is 49.4 Å². The molecule has 5 nitrogen and oxygen atoms in total. The van der Waals surface area contributed by atoms with E-state index in [1.165, 1.54) is 6.07 Å². The molecule has 1 saturated heterocycles. The van der Waals surface area contributed by atoms with Crippen LogP contribution in [0, 0.1) is 0 Å². The number of rotatable bonds is 3. The lowest BCUT2D eigenvalue weighted by atomic mass is 10.1. The van der Waals surface area contributed by atoms with Gasteiger partial charge in [0.15, 0.2) is 0 Å². The summed E-state index contributed by atoms with van der Waals surface area (Å²) in [7, 11) is 1.59. The summed E-state index contributed by atoms with van der Waals surface area (Å²) in [6.07, 6.45) is 0. The summed E-state index contributed by atoms with van der Waals surface area (Å²) in [6.45, 7) is 2.58. The van der Waals surface area contributed by atoms with E-state index in [4.69, 9.17) is 27.9 Å². The molecular weight excluding hydrogens is 375 g/mol. The molecule has 1 aliphatic rings. The van der Waals surface area contributed by atoms with Crippen LogP contribution in [-0.2, 0) is 4.79 Å². The monoisotopic (exact) mass is 392 g/mol. The highest BCUT2D eigenvalue weighted by Gasteiger charge is 2.35. The predicted octanol–water partition coefficient (Wildman–Crippen LogP) is 3.88. The standard InChI is InChI=1S/C19H18Cl2N2O3/c1-12-18(24)23(14-4-6-15(26-2)7-5-14)10-9-22(12)19(25)13-3-8-16(20)17(21)11-13/h3-8,11-12H,9-10H2,1-2H3. The van der Waals surface area contributed by atoms with Gasteiger partial charge in [0.2, 0.25) is 5.91 Å². The second-order valence-electron chi connectivity index (χ2n) is 5.99. The van der Waals surface area contributed by atoms with Crippen molar-refractivity contribution >= 4 is 40.7 Å². The van der Waals surface area contributed by atoms with Crippen molar-refractivity contribution in [3.8, 4) is 5.75 Å². The molecule has 0 spiro atoms. The number of methoxy groups -OCH3 is 1. The molecule has 2 amide bonds. The van der Waals surface area contributed by atoms with Gasteiger partial charge in [-0.25, -0.2) is 0 Å². The van der Waals surface area contributed by atoms with Gasteiger partial charge in [-0.15, -0.1) is 0 Å². The number of ether oxygens (including phenoxy) is 1. The summed E-state index contributed by atoms with van der Waals surface area (Å²) in [6, 6.07) is 11.4. The van der Waals surface area contributed by atoms with Crippen LogP contribution in [0.25, 0.3) is 0 Å².